The van der Waals surface area contributed by atoms with Gasteiger partial charge in [0.2, 0.25) is 0 Å². The third-order valence-corrected chi connectivity index (χ3v) is 3.93. The molecule has 1 aromatic carbocycles. The SMILES string of the molecule is Cc1cc(Br)ccc1N=C(N)C1CCCCC1. The third-order valence-electron chi connectivity index (χ3n) is 3.43. The van der Waals surface area contributed by atoms with Crippen LogP contribution < -0.4 is 5.73 Å². The van der Waals surface area contributed by atoms with Gasteiger partial charge in [0.1, 0.15) is 5.84 Å². The molecule has 1 saturated carbocycles. The van der Waals surface area contributed by atoms with Gasteiger partial charge in [-0.15, -0.1) is 0 Å². The first-order chi connectivity index (χ1) is 8.16. The highest BCUT2D eigenvalue weighted by Crippen LogP contribution is 2.27. The highest BCUT2D eigenvalue weighted by Gasteiger charge is 2.17. The fraction of sp³-hybridized carbons (Fsp3) is 0.500. The molecule has 0 heterocycles. The number of halogens is 1. The molecule has 0 aromatic heterocycles. The van der Waals surface area contributed by atoms with E-state index in [1.54, 1.807) is 0 Å². The summed E-state index contributed by atoms with van der Waals surface area (Å²) in [5.74, 6) is 1.31. The molecule has 2 nitrogen and oxygen atoms in total. The monoisotopic (exact) mass is 294 g/mol. The van der Waals surface area contributed by atoms with Gasteiger partial charge >= 0.3 is 0 Å². The fourth-order valence-electron chi connectivity index (χ4n) is 2.37. The van der Waals surface area contributed by atoms with Crippen molar-refractivity contribution in [3.05, 3.63) is 28.2 Å². The van der Waals surface area contributed by atoms with E-state index in [9.17, 15) is 0 Å². The van der Waals surface area contributed by atoms with Crippen LogP contribution in [0.5, 0.6) is 0 Å². The number of nitrogens with two attached hydrogens (primary N) is 1. The minimum absolute atomic E-state index is 0.492. The van der Waals surface area contributed by atoms with Gasteiger partial charge in [0, 0.05) is 10.4 Å². The first-order valence-electron chi connectivity index (χ1n) is 6.27. The van der Waals surface area contributed by atoms with Crippen molar-refractivity contribution >= 4 is 27.5 Å². The van der Waals surface area contributed by atoms with Crippen molar-refractivity contribution in [2.24, 2.45) is 16.6 Å². The Labute approximate surface area is 111 Å². The molecule has 0 atom stereocenters. The molecular weight excluding hydrogens is 276 g/mol. The summed E-state index contributed by atoms with van der Waals surface area (Å²) in [4.78, 5) is 4.60. The Kier molecular flexibility index (Phi) is 4.21. The van der Waals surface area contributed by atoms with Crippen LogP contribution in [-0.4, -0.2) is 5.84 Å². The molecule has 2 N–H and O–H groups in total. The summed E-state index contributed by atoms with van der Waals surface area (Å²) in [6.45, 7) is 2.07. The summed E-state index contributed by atoms with van der Waals surface area (Å²) in [5, 5.41) is 0. The maximum atomic E-state index is 6.13. The van der Waals surface area contributed by atoms with Crippen LogP contribution in [0.15, 0.2) is 27.7 Å². The van der Waals surface area contributed by atoms with E-state index in [1.165, 1.54) is 32.1 Å². The van der Waals surface area contributed by atoms with Crippen LogP contribution in [0.1, 0.15) is 37.7 Å². The Balaban J connectivity index is 2.16. The summed E-state index contributed by atoms with van der Waals surface area (Å²) in [6.07, 6.45) is 6.33. The summed E-state index contributed by atoms with van der Waals surface area (Å²) in [5.41, 5.74) is 8.29. The normalized spacial score (nSPS) is 18.4. The molecule has 1 aliphatic rings. The number of hydrogen-bond donors (Lipinski definition) is 1. The molecule has 0 bridgehead atoms. The summed E-state index contributed by atoms with van der Waals surface area (Å²) in [6, 6.07) is 6.11. The second kappa shape index (κ2) is 5.67. The van der Waals surface area contributed by atoms with Gasteiger partial charge in [0.25, 0.3) is 0 Å². The summed E-state index contributed by atoms with van der Waals surface area (Å²) in [7, 11) is 0. The second-order valence-corrected chi connectivity index (χ2v) is 5.72. The lowest BCUT2D eigenvalue weighted by Crippen LogP contribution is -2.25. The number of amidine groups is 1. The zero-order valence-corrected chi connectivity index (χ0v) is 11.8. The van der Waals surface area contributed by atoms with Crippen LogP contribution in [0, 0.1) is 12.8 Å². The van der Waals surface area contributed by atoms with Crippen molar-refractivity contribution in [3.8, 4) is 0 Å². The molecule has 0 saturated heterocycles. The van der Waals surface area contributed by atoms with Gasteiger partial charge in [0.15, 0.2) is 0 Å². The van der Waals surface area contributed by atoms with E-state index in [4.69, 9.17) is 5.73 Å². The average Bonchev–Trinajstić information content (AvgIpc) is 2.34. The van der Waals surface area contributed by atoms with Gasteiger partial charge in [0.05, 0.1) is 5.69 Å². The van der Waals surface area contributed by atoms with Gasteiger partial charge < -0.3 is 5.73 Å². The highest BCUT2D eigenvalue weighted by molar-refractivity contribution is 9.10. The molecule has 1 aliphatic carbocycles. The molecule has 1 aromatic rings. The maximum absolute atomic E-state index is 6.13. The number of aliphatic imine (C=N–C) groups is 1. The van der Waals surface area contributed by atoms with E-state index in [0.29, 0.717) is 5.92 Å². The third kappa shape index (κ3) is 3.32. The van der Waals surface area contributed by atoms with E-state index in [1.807, 2.05) is 12.1 Å². The highest BCUT2D eigenvalue weighted by atomic mass is 79.9. The largest absolute Gasteiger partial charge is 0.387 e. The molecular formula is C14H19BrN2. The van der Waals surface area contributed by atoms with Crippen LogP contribution in [-0.2, 0) is 0 Å². The van der Waals surface area contributed by atoms with Crippen molar-refractivity contribution in [1.82, 2.24) is 0 Å². The summed E-state index contributed by atoms with van der Waals surface area (Å²) >= 11 is 3.46. The van der Waals surface area contributed by atoms with Crippen molar-refractivity contribution in [3.63, 3.8) is 0 Å². The molecule has 0 amide bonds. The number of aryl methyl sites for hydroxylation is 1. The minimum atomic E-state index is 0.492. The van der Waals surface area contributed by atoms with E-state index in [2.05, 4.69) is 33.9 Å². The van der Waals surface area contributed by atoms with Crippen LogP contribution in [0.2, 0.25) is 0 Å². The van der Waals surface area contributed by atoms with Gasteiger partial charge in [-0.1, -0.05) is 35.2 Å². The lowest BCUT2D eigenvalue weighted by Gasteiger charge is -2.21. The molecule has 2 rings (SSSR count). The van der Waals surface area contributed by atoms with Crippen molar-refractivity contribution in [1.29, 1.82) is 0 Å². The van der Waals surface area contributed by atoms with Crippen LogP contribution in [0.3, 0.4) is 0 Å². The first-order valence-corrected chi connectivity index (χ1v) is 7.06. The Bertz CT molecular complexity index is 420. The topological polar surface area (TPSA) is 38.4 Å². The van der Waals surface area contributed by atoms with Gasteiger partial charge in [-0.25, -0.2) is 4.99 Å². The van der Waals surface area contributed by atoms with Gasteiger partial charge in [-0.05, 0) is 43.5 Å². The van der Waals surface area contributed by atoms with Crippen LogP contribution >= 0.6 is 15.9 Å². The Morgan fingerprint density at radius 2 is 2.00 bits per heavy atom. The number of rotatable bonds is 2. The van der Waals surface area contributed by atoms with E-state index in [0.717, 1.165) is 21.6 Å². The molecule has 1 fully saturated rings. The molecule has 0 aliphatic heterocycles. The van der Waals surface area contributed by atoms with Crippen molar-refractivity contribution < 1.29 is 0 Å². The lowest BCUT2D eigenvalue weighted by molar-refractivity contribution is 0.437. The zero-order valence-electron chi connectivity index (χ0n) is 10.2. The first kappa shape index (κ1) is 12.6. The van der Waals surface area contributed by atoms with E-state index < -0.39 is 0 Å². The Hall–Kier alpha value is -0.830. The second-order valence-electron chi connectivity index (χ2n) is 4.80. The van der Waals surface area contributed by atoms with Gasteiger partial charge in [-0.2, -0.15) is 0 Å². The van der Waals surface area contributed by atoms with E-state index >= 15 is 0 Å². The Morgan fingerprint density at radius 1 is 1.29 bits per heavy atom. The molecule has 0 radical (unpaired) electrons. The predicted molar refractivity (Wildman–Crippen MR) is 76.7 cm³/mol. The van der Waals surface area contributed by atoms with Gasteiger partial charge in [-0.3, -0.25) is 0 Å². The van der Waals surface area contributed by atoms with E-state index in [-0.39, 0.29) is 0 Å². The average molecular weight is 295 g/mol. The standard InChI is InChI=1S/C14H19BrN2/c1-10-9-12(15)7-8-13(10)17-14(16)11-5-3-2-4-6-11/h7-9,11H,2-6H2,1H3,(H2,16,17). The van der Waals surface area contributed by atoms with Crippen molar-refractivity contribution in [2.45, 2.75) is 39.0 Å². The molecule has 0 unspecified atom stereocenters. The predicted octanol–water partition coefficient (Wildman–Crippen LogP) is 4.33. The number of nitrogens with zero attached hydrogens (tertiary/aromatic N) is 1. The molecule has 17 heavy (non-hydrogen) atoms. The lowest BCUT2D eigenvalue weighted by atomic mass is 9.88. The number of hydrogen-bond acceptors (Lipinski definition) is 1. The molecule has 0 spiro atoms. The zero-order chi connectivity index (χ0) is 12.3. The molecule has 92 valence electrons. The summed E-state index contributed by atoms with van der Waals surface area (Å²) < 4.78 is 1.09. The Morgan fingerprint density at radius 3 is 2.65 bits per heavy atom. The quantitative estimate of drug-likeness (QED) is 0.640. The molecule has 3 heteroatoms. The van der Waals surface area contributed by atoms with Crippen LogP contribution in [0.25, 0.3) is 0 Å². The van der Waals surface area contributed by atoms with Crippen LogP contribution in [0.4, 0.5) is 5.69 Å². The van der Waals surface area contributed by atoms with Crippen molar-refractivity contribution in [2.75, 3.05) is 0 Å². The maximum Gasteiger partial charge on any atom is 0.103 e. The number of benzene rings is 1. The smallest absolute Gasteiger partial charge is 0.103 e. The minimum Gasteiger partial charge on any atom is -0.387 e. The fourth-order valence-corrected chi connectivity index (χ4v) is 2.85.